The summed E-state index contributed by atoms with van der Waals surface area (Å²) in [4.78, 5) is 49.5. The number of aliphatic carboxylic acids is 1. The standard InChI is InChI=1S/C32H43N5O5/c33-29(38)19-42-35-27(12-13-30(39)40)31-32(41)37(28-11-4-3-10-26(28)34-31)25-17-22-8-5-9-23(18-25)36(22)24-15-20-6-1-2-7-21(14-20)16-24/h3-4,10-11,20-25H,1-2,5-9,12-19H2,(H2,33,38)(H,39,40)/b35-27+/t20?,21?,22-,23+,24?,25?. The summed E-state index contributed by atoms with van der Waals surface area (Å²) in [5.74, 6) is -0.00849. The molecule has 42 heavy (non-hydrogen) atoms. The Labute approximate surface area is 246 Å². The number of carboxylic acids is 1. The monoisotopic (exact) mass is 577 g/mol. The van der Waals surface area contributed by atoms with E-state index in [1.807, 2.05) is 28.8 Å². The van der Waals surface area contributed by atoms with E-state index < -0.39 is 18.5 Å². The van der Waals surface area contributed by atoms with Gasteiger partial charge in [0.05, 0.1) is 17.5 Å². The average molecular weight is 578 g/mol. The highest BCUT2D eigenvalue weighted by Crippen LogP contribution is 2.47. The van der Waals surface area contributed by atoms with Crippen LogP contribution in [0.5, 0.6) is 0 Å². The number of primary amides is 1. The van der Waals surface area contributed by atoms with Crippen LogP contribution >= 0.6 is 0 Å². The van der Waals surface area contributed by atoms with Gasteiger partial charge < -0.3 is 20.2 Å². The number of aromatic nitrogens is 2. The van der Waals surface area contributed by atoms with Crippen molar-refractivity contribution in [3.8, 4) is 0 Å². The molecule has 10 nitrogen and oxygen atoms in total. The molecule has 1 amide bonds. The minimum atomic E-state index is -1.03. The number of carbonyl (C=O) groups is 2. The second-order valence-electron chi connectivity index (χ2n) is 13.0. The molecule has 2 aliphatic carbocycles. The second-order valence-corrected chi connectivity index (χ2v) is 13.0. The van der Waals surface area contributed by atoms with Crippen LogP contribution in [0.4, 0.5) is 0 Å². The lowest BCUT2D eigenvalue weighted by molar-refractivity contribution is -0.136. The summed E-state index contributed by atoms with van der Waals surface area (Å²) >= 11 is 0. The molecular weight excluding hydrogens is 534 g/mol. The maximum Gasteiger partial charge on any atom is 0.303 e. The third kappa shape index (κ3) is 6.09. The minimum absolute atomic E-state index is 0.00818. The number of carbonyl (C=O) groups excluding carboxylic acids is 1. The number of piperidine rings is 2. The number of hydrogen-bond acceptors (Lipinski definition) is 7. The van der Waals surface area contributed by atoms with Crippen molar-refractivity contribution in [2.24, 2.45) is 22.7 Å². The highest BCUT2D eigenvalue weighted by atomic mass is 16.6. The zero-order valence-corrected chi connectivity index (χ0v) is 24.3. The van der Waals surface area contributed by atoms with Crippen molar-refractivity contribution in [1.29, 1.82) is 0 Å². The summed E-state index contributed by atoms with van der Waals surface area (Å²) in [5, 5.41) is 13.3. The van der Waals surface area contributed by atoms with Crippen LogP contribution in [-0.4, -0.2) is 61.9 Å². The first-order valence-electron chi connectivity index (χ1n) is 15.9. The molecule has 226 valence electrons. The van der Waals surface area contributed by atoms with Gasteiger partial charge >= 0.3 is 5.97 Å². The van der Waals surface area contributed by atoms with Crippen molar-refractivity contribution in [2.75, 3.05) is 6.61 Å². The molecule has 10 heteroatoms. The van der Waals surface area contributed by atoms with Crippen LogP contribution < -0.4 is 11.3 Å². The van der Waals surface area contributed by atoms with Crippen molar-refractivity contribution < 1.29 is 19.5 Å². The fraction of sp³-hybridized carbons (Fsp3) is 0.656. The molecule has 2 aromatic rings. The van der Waals surface area contributed by atoms with E-state index in [0.717, 1.165) is 43.0 Å². The summed E-state index contributed by atoms with van der Waals surface area (Å²) in [7, 11) is 0. The first-order chi connectivity index (χ1) is 20.4. The molecule has 2 saturated carbocycles. The van der Waals surface area contributed by atoms with Gasteiger partial charge in [0, 0.05) is 30.6 Å². The van der Waals surface area contributed by atoms with Gasteiger partial charge in [-0.3, -0.25) is 19.3 Å². The van der Waals surface area contributed by atoms with E-state index >= 15 is 0 Å². The van der Waals surface area contributed by atoms with Crippen LogP contribution in [0.3, 0.4) is 0 Å². The first-order valence-corrected chi connectivity index (χ1v) is 15.9. The fourth-order valence-corrected chi connectivity index (χ4v) is 8.62. The number of carboxylic acid groups (broad SMARTS) is 1. The Morgan fingerprint density at radius 1 is 0.905 bits per heavy atom. The summed E-state index contributed by atoms with van der Waals surface area (Å²) < 4.78 is 1.89. The quantitative estimate of drug-likeness (QED) is 0.333. The lowest BCUT2D eigenvalue weighted by Crippen LogP contribution is -2.58. The van der Waals surface area contributed by atoms with E-state index in [2.05, 4.69) is 15.0 Å². The van der Waals surface area contributed by atoms with Gasteiger partial charge in [-0.25, -0.2) is 4.98 Å². The minimum Gasteiger partial charge on any atom is -0.481 e. The highest BCUT2D eigenvalue weighted by molar-refractivity contribution is 6.00. The summed E-state index contributed by atoms with van der Waals surface area (Å²) in [6, 6.07) is 9.19. The van der Waals surface area contributed by atoms with Gasteiger partial charge in [0.1, 0.15) is 5.71 Å². The molecule has 5 atom stereocenters. The van der Waals surface area contributed by atoms with Crippen molar-refractivity contribution in [3.05, 3.63) is 40.3 Å². The second kappa shape index (κ2) is 12.5. The van der Waals surface area contributed by atoms with Gasteiger partial charge in [-0.15, -0.1) is 0 Å². The molecule has 3 heterocycles. The summed E-state index contributed by atoms with van der Waals surface area (Å²) in [6.07, 6.45) is 14.7. The van der Waals surface area contributed by atoms with E-state index in [0.29, 0.717) is 23.6 Å². The third-order valence-electron chi connectivity index (χ3n) is 10.2. The van der Waals surface area contributed by atoms with Gasteiger partial charge in [0.15, 0.2) is 12.3 Å². The number of para-hydroxylation sites is 2. The van der Waals surface area contributed by atoms with E-state index in [4.69, 9.17) is 10.6 Å². The van der Waals surface area contributed by atoms with Crippen LogP contribution in [0.2, 0.25) is 0 Å². The largest absolute Gasteiger partial charge is 0.481 e. The van der Waals surface area contributed by atoms with E-state index in [-0.39, 0.29) is 35.8 Å². The van der Waals surface area contributed by atoms with E-state index in [1.54, 1.807) is 0 Å². The van der Waals surface area contributed by atoms with Crippen molar-refractivity contribution in [3.63, 3.8) is 0 Å². The number of fused-ring (bicyclic) bond motifs is 5. The number of nitrogens with two attached hydrogens (primary N) is 1. The normalized spacial score (nSPS) is 30.0. The number of hydrogen-bond donors (Lipinski definition) is 2. The van der Waals surface area contributed by atoms with E-state index in [9.17, 15) is 19.5 Å². The lowest BCUT2D eigenvalue weighted by Gasteiger charge is -2.54. The molecule has 2 saturated heterocycles. The van der Waals surface area contributed by atoms with Gasteiger partial charge in [-0.1, -0.05) is 49.4 Å². The molecule has 3 N–H and O–H groups in total. The molecule has 1 aromatic carbocycles. The maximum atomic E-state index is 14.3. The highest BCUT2D eigenvalue weighted by Gasteiger charge is 2.45. The van der Waals surface area contributed by atoms with Gasteiger partial charge in [0.25, 0.3) is 11.5 Å². The molecule has 4 bridgehead atoms. The Morgan fingerprint density at radius 2 is 1.60 bits per heavy atom. The topological polar surface area (TPSA) is 140 Å². The van der Waals surface area contributed by atoms with E-state index in [1.165, 1.54) is 51.4 Å². The number of oxime groups is 1. The zero-order chi connectivity index (χ0) is 29.2. The van der Waals surface area contributed by atoms with Crippen molar-refractivity contribution in [2.45, 2.75) is 114 Å². The van der Waals surface area contributed by atoms with Crippen LogP contribution in [0.15, 0.2) is 34.2 Å². The Balaban J connectivity index is 1.34. The lowest BCUT2D eigenvalue weighted by atomic mass is 9.73. The molecule has 6 rings (SSSR count). The van der Waals surface area contributed by atoms with Crippen LogP contribution in [0.25, 0.3) is 11.0 Å². The molecule has 0 radical (unpaired) electrons. The molecular formula is C32H43N5O5. The molecule has 0 spiro atoms. The summed E-state index contributed by atoms with van der Waals surface area (Å²) in [5.41, 5.74) is 6.52. The number of amides is 1. The predicted octanol–water partition coefficient (Wildman–Crippen LogP) is 4.38. The fourth-order valence-electron chi connectivity index (χ4n) is 8.62. The molecule has 4 fully saturated rings. The smallest absolute Gasteiger partial charge is 0.303 e. The Bertz CT molecular complexity index is 1380. The Morgan fingerprint density at radius 3 is 2.26 bits per heavy atom. The molecule has 4 aliphatic rings. The van der Waals surface area contributed by atoms with Crippen molar-refractivity contribution in [1.82, 2.24) is 14.5 Å². The van der Waals surface area contributed by atoms with Crippen LogP contribution in [0.1, 0.15) is 102 Å². The predicted molar refractivity (Wildman–Crippen MR) is 159 cm³/mol. The SMILES string of the molecule is NC(=O)CO/N=C(\CCC(=O)O)c1nc2ccccc2n(C2C[C@H]3CCC[C@@H](C2)N3C2CC3CCCCC(C3)C2)c1=O. The maximum absolute atomic E-state index is 14.3. The third-order valence-corrected chi connectivity index (χ3v) is 10.2. The van der Waals surface area contributed by atoms with Crippen LogP contribution in [-0.2, 0) is 14.4 Å². The Hall–Kier alpha value is -3.27. The van der Waals surface area contributed by atoms with Gasteiger partial charge in [-0.05, 0) is 68.9 Å². The van der Waals surface area contributed by atoms with Crippen LogP contribution in [0, 0.1) is 11.8 Å². The van der Waals surface area contributed by atoms with Crippen molar-refractivity contribution >= 4 is 28.6 Å². The zero-order valence-electron chi connectivity index (χ0n) is 24.3. The molecule has 1 aromatic heterocycles. The number of rotatable bonds is 9. The van der Waals surface area contributed by atoms with Gasteiger partial charge in [-0.2, -0.15) is 0 Å². The first kappa shape index (κ1) is 28.8. The summed E-state index contributed by atoms with van der Waals surface area (Å²) in [6.45, 7) is -0.469. The molecule has 2 aliphatic heterocycles. The Kier molecular flexibility index (Phi) is 8.60. The number of benzene rings is 1. The molecule has 3 unspecified atom stereocenters. The van der Waals surface area contributed by atoms with Gasteiger partial charge in [0.2, 0.25) is 0 Å². The average Bonchev–Trinajstić information content (AvgIpc) is 3.12. The number of nitrogens with zero attached hydrogens (tertiary/aromatic N) is 4.